The Labute approximate surface area is 172 Å². The zero-order valence-electron chi connectivity index (χ0n) is 17.3. The van der Waals surface area contributed by atoms with Crippen LogP contribution in [0.3, 0.4) is 0 Å². The smallest absolute Gasteiger partial charge is 0.156 e. The van der Waals surface area contributed by atoms with Gasteiger partial charge in [0.15, 0.2) is 5.84 Å². The molecule has 29 heavy (non-hydrogen) atoms. The quantitative estimate of drug-likeness (QED) is 0.847. The molecular weight excluding hydrogens is 362 g/mol. The molecule has 152 valence electrons. The van der Waals surface area contributed by atoms with Gasteiger partial charge < -0.3 is 15.5 Å². The predicted octanol–water partition coefficient (Wildman–Crippen LogP) is 2.54. The normalized spacial score (nSPS) is 21.4. The second-order valence-corrected chi connectivity index (χ2v) is 8.82. The largest absolute Gasteiger partial charge is 0.355 e. The van der Waals surface area contributed by atoms with Crippen LogP contribution in [-0.4, -0.2) is 46.5 Å². The molecule has 3 aliphatic rings. The van der Waals surface area contributed by atoms with Gasteiger partial charge in [0.2, 0.25) is 0 Å². The summed E-state index contributed by atoms with van der Waals surface area (Å²) in [4.78, 5) is 23.7. The lowest BCUT2D eigenvalue weighted by Gasteiger charge is -2.42. The van der Waals surface area contributed by atoms with Crippen LogP contribution in [0.4, 0.5) is 11.5 Å². The third-order valence-electron chi connectivity index (χ3n) is 6.96. The van der Waals surface area contributed by atoms with Gasteiger partial charge in [-0.05, 0) is 50.2 Å². The Balaban J connectivity index is 1.36. The maximum absolute atomic E-state index is 6.21. The molecule has 2 aromatic rings. The van der Waals surface area contributed by atoms with E-state index in [1.165, 1.54) is 0 Å². The van der Waals surface area contributed by atoms with Gasteiger partial charge in [-0.3, -0.25) is 9.98 Å². The van der Waals surface area contributed by atoms with E-state index in [0.29, 0.717) is 6.54 Å². The van der Waals surface area contributed by atoms with Gasteiger partial charge in [0, 0.05) is 31.9 Å². The fourth-order valence-corrected chi connectivity index (χ4v) is 4.62. The van der Waals surface area contributed by atoms with Gasteiger partial charge in [0.1, 0.15) is 11.5 Å². The molecule has 5 rings (SSSR count). The number of hydrogen-bond donors (Lipinski definition) is 1. The highest BCUT2D eigenvalue weighted by Crippen LogP contribution is 2.35. The highest BCUT2D eigenvalue weighted by atomic mass is 15.3. The molecule has 1 saturated heterocycles. The number of aliphatic imine (C=N–C) groups is 1. The summed E-state index contributed by atoms with van der Waals surface area (Å²) in [7, 11) is 0. The number of nitrogens with zero attached hydrogens (tertiary/aromatic N) is 6. The van der Waals surface area contributed by atoms with Crippen molar-refractivity contribution in [3.63, 3.8) is 0 Å². The molecule has 0 aliphatic carbocycles. The molecular formula is C22H29N7. The molecule has 1 atom stereocenters. The maximum Gasteiger partial charge on any atom is 0.156 e. The second kappa shape index (κ2) is 7.06. The van der Waals surface area contributed by atoms with E-state index in [9.17, 15) is 0 Å². The number of amidine groups is 1. The van der Waals surface area contributed by atoms with Crippen molar-refractivity contribution >= 4 is 17.3 Å². The van der Waals surface area contributed by atoms with Gasteiger partial charge in [0.05, 0.1) is 29.8 Å². The highest BCUT2D eigenvalue weighted by molar-refractivity contribution is 6.11. The molecule has 2 N–H and O–H groups in total. The van der Waals surface area contributed by atoms with E-state index in [4.69, 9.17) is 20.7 Å². The van der Waals surface area contributed by atoms with Crippen LogP contribution in [0, 0.1) is 5.41 Å². The van der Waals surface area contributed by atoms with Crippen molar-refractivity contribution in [2.45, 2.75) is 52.1 Å². The Morgan fingerprint density at radius 2 is 1.97 bits per heavy atom. The molecule has 3 aliphatic heterocycles. The summed E-state index contributed by atoms with van der Waals surface area (Å²) in [5, 5.41) is 0. The number of piperidine rings is 1. The number of aryl methyl sites for hydroxylation is 1. The summed E-state index contributed by atoms with van der Waals surface area (Å²) in [6.07, 6.45) is 8.06. The summed E-state index contributed by atoms with van der Waals surface area (Å²) in [5.41, 5.74) is 10.6. The summed E-state index contributed by atoms with van der Waals surface area (Å²) in [6, 6.07) is 4.34. The Hall–Kier alpha value is -2.54. The molecule has 0 aromatic carbocycles. The maximum atomic E-state index is 6.21. The van der Waals surface area contributed by atoms with E-state index < -0.39 is 0 Å². The predicted molar refractivity (Wildman–Crippen MR) is 115 cm³/mol. The van der Waals surface area contributed by atoms with Crippen LogP contribution in [0.2, 0.25) is 0 Å². The lowest BCUT2D eigenvalue weighted by molar-refractivity contribution is 0.205. The van der Waals surface area contributed by atoms with Crippen molar-refractivity contribution in [2.75, 3.05) is 29.4 Å². The van der Waals surface area contributed by atoms with Crippen LogP contribution in [-0.2, 0) is 13.0 Å². The standard InChI is InChI=1S/C22H29N7/c1-15(23)22(2)7-11-28(12-8-22)19-14-25-20-17(27-19)13-26-21(20)29-10-4-5-16-18(29)6-3-9-24-16/h3,6,9,14-15H,4-5,7-8,10-13,23H2,1-2H3. The zero-order chi connectivity index (χ0) is 20.0. The fraction of sp³-hybridized carbons (Fsp3) is 0.545. The van der Waals surface area contributed by atoms with Crippen LogP contribution in [0.25, 0.3) is 0 Å². The first kappa shape index (κ1) is 18.5. The number of hydrogen-bond acceptors (Lipinski definition) is 7. The number of rotatable bonds is 2. The van der Waals surface area contributed by atoms with E-state index >= 15 is 0 Å². The molecule has 0 amide bonds. The first-order valence-corrected chi connectivity index (χ1v) is 10.7. The Morgan fingerprint density at radius 3 is 2.76 bits per heavy atom. The van der Waals surface area contributed by atoms with E-state index in [1.54, 1.807) is 0 Å². The highest BCUT2D eigenvalue weighted by Gasteiger charge is 2.34. The Kier molecular flexibility index (Phi) is 4.50. The molecule has 0 bridgehead atoms. The number of fused-ring (bicyclic) bond motifs is 2. The van der Waals surface area contributed by atoms with E-state index in [2.05, 4.69) is 34.7 Å². The third-order valence-corrected chi connectivity index (χ3v) is 6.96. The lowest BCUT2D eigenvalue weighted by atomic mass is 9.75. The summed E-state index contributed by atoms with van der Waals surface area (Å²) < 4.78 is 0. The minimum atomic E-state index is 0.215. The third kappa shape index (κ3) is 3.17. The van der Waals surface area contributed by atoms with E-state index in [1.807, 2.05) is 18.5 Å². The molecule has 7 nitrogen and oxygen atoms in total. The summed E-state index contributed by atoms with van der Waals surface area (Å²) in [6.45, 7) is 7.92. The van der Waals surface area contributed by atoms with Crippen molar-refractivity contribution in [1.29, 1.82) is 0 Å². The monoisotopic (exact) mass is 391 g/mol. The zero-order valence-corrected chi connectivity index (χ0v) is 17.3. The topological polar surface area (TPSA) is 83.5 Å². The van der Waals surface area contributed by atoms with Crippen LogP contribution in [0.1, 0.15) is 50.2 Å². The number of aromatic nitrogens is 3. The van der Waals surface area contributed by atoms with Crippen LogP contribution in [0.5, 0.6) is 0 Å². The minimum Gasteiger partial charge on any atom is -0.355 e. The number of pyridine rings is 1. The molecule has 5 heterocycles. The average Bonchev–Trinajstić information content (AvgIpc) is 3.17. The number of anilines is 2. The van der Waals surface area contributed by atoms with Gasteiger partial charge in [-0.15, -0.1) is 0 Å². The first-order chi connectivity index (χ1) is 14.0. The molecule has 0 radical (unpaired) electrons. The number of nitrogens with two attached hydrogens (primary N) is 1. The van der Waals surface area contributed by atoms with E-state index in [0.717, 1.165) is 79.7 Å². The summed E-state index contributed by atoms with van der Waals surface area (Å²) >= 11 is 0. The van der Waals surface area contributed by atoms with Gasteiger partial charge in [-0.25, -0.2) is 9.97 Å². The van der Waals surface area contributed by atoms with Crippen molar-refractivity contribution < 1.29 is 0 Å². The van der Waals surface area contributed by atoms with Crippen LogP contribution in [0.15, 0.2) is 29.5 Å². The van der Waals surface area contributed by atoms with Crippen molar-refractivity contribution in [3.05, 3.63) is 41.6 Å². The average molecular weight is 392 g/mol. The van der Waals surface area contributed by atoms with E-state index in [-0.39, 0.29) is 11.5 Å². The molecule has 0 saturated carbocycles. The molecule has 1 fully saturated rings. The van der Waals surface area contributed by atoms with Gasteiger partial charge in [0.25, 0.3) is 0 Å². The van der Waals surface area contributed by atoms with Crippen molar-refractivity contribution in [2.24, 2.45) is 16.1 Å². The van der Waals surface area contributed by atoms with Gasteiger partial charge in [-0.2, -0.15) is 0 Å². The molecule has 1 unspecified atom stereocenters. The summed E-state index contributed by atoms with van der Waals surface area (Å²) in [5.74, 6) is 1.91. The molecule has 7 heteroatoms. The van der Waals surface area contributed by atoms with Gasteiger partial charge >= 0.3 is 0 Å². The Morgan fingerprint density at radius 1 is 1.14 bits per heavy atom. The minimum absolute atomic E-state index is 0.215. The fourth-order valence-electron chi connectivity index (χ4n) is 4.62. The lowest BCUT2D eigenvalue weighted by Crippen LogP contribution is -2.47. The SMILES string of the molecule is CC(N)C1(C)CCN(c2cnc3c(n2)CN=C3N2CCCc3ncccc32)CC1. The first-order valence-electron chi connectivity index (χ1n) is 10.7. The Bertz CT molecular complexity index is 944. The van der Waals surface area contributed by atoms with Gasteiger partial charge in [-0.1, -0.05) is 6.92 Å². The van der Waals surface area contributed by atoms with Crippen molar-refractivity contribution in [3.8, 4) is 0 Å². The van der Waals surface area contributed by atoms with Crippen LogP contribution < -0.4 is 15.5 Å². The van der Waals surface area contributed by atoms with Crippen molar-refractivity contribution in [1.82, 2.24) is 15.0 Å². The molecule has 0 spiro atoms. The second-order valence-electron chi connectivity index (χ2n) is 8.82. The molecule has 2 aromatic heterocycles. The van der Waals surface area contributed by atoms with Crippen LogP contribution >= 0.6 is 0 Å².